The summed E-state index contributed by atoms with van der Waals surface area (Å²) < 4.78 is 12.3. The van der Waals surface area contributed by atoms with Gasteiger partial charge < -0.3 is 14.4 Å². The molecule has 5 aromatic carbocycles. The van der Waals surface area contributed by atoms with E-state index >= 15 is 0 Å². The lowest BCUT2D eigenvalue weighted by molar-refractivity contribution is -0.154. The number of hydrogen-bond acceptors (Lipinski definition) is 4. The van der Waals surface area contributed by atoms with Crippen molar-refractivity contribution in [3.05, 3.63) is 166 Å². The molecule has 5 aromatic rings. The molecule has 0 fully saturated rings. The van der Waals surface area contributed by atoms with Gasteiger partial charge in [-0.05, 0) is 35.2 Å². The third-order valence-electron chi connectivity index (χ3n) is 8.63. The van der Waals surface area contributed by atoms with E-state index in [1.807, 2.05) is 110 Å². The van der Waals surface area contributed by atoms with Crippen LogP contribution in [0.4, 0.5) is 4.79 Å². The Morgan fingerprint density at radius 3 is 1.78 bits per heavy atom. The molecule has 1 aliphatic carbocycles. The first-order valence-electron chi connectivity index (χ1n) is 15.1. The number of fused-ring (bicyclic) bond motifs is 3. The SMILES string of the molecule is CC(CC(=O)OC(c1ccccc1)(c1ccccc1)c1ccccc1Cl)N(C)C(=O)OCC1c2ccccc2-c2ccccc21. The van der Waals surface area contributed by atoms with Gasteiger partial charge in [-0.2, -0.15) is 0 Å². The molecule has 6 heteroatoms. The second-order valence-electron chi connectivity index (χ2n) is 11.3. The summed E-state index contributed by atoms with van der Waals surface area (Å²) in [4.78, 5) is 28.6. The van der Waals surface area contributed by atoms with Gasteiger partial charge in [-0.15, -0.1) is 0 Å². The Morgan fingerprint density at radius 1 is 0.733 bits per heavy atom. The maximum Gasteiger partial charge on any atom is 0.409 e. The number of hydrogen-bond donors (Lipinski definition) is 0. The lowest BCUT2D eigenvalue weighted by atomic mass is 9.80. The molecule has 1 atom stereocenters. The Labute approximate surface area is 269 Å². The first-order valence-corrected chi connectivity index (χ1v) is 15.4. The second-order valence-corrected chi connectivity index (χ2v) is 11.7. The molecule has 0 heterocycles. The first kappa shape index (κ1) is 30.2. The predicted octanol–water partition coefficient (Wildman–Crippen LogP) is 8.83. The van der Waals surface area contributed by atoms with E-state index in [4.69, 9.17) is 21.1 Å². The summed E-state index contributed by atoms with van der Waals surface area (Å²) in [7, 11) is 1.65. The highest BCUT2D eigenvalue weighted by molar-refractivity contribution is 6.31. The van der Waals surface area contributed by atoms with Gasteiger partial charge >= 0.3 is 12.1 Å². The second kappa shape index (κ2) is 13.0. The van der Waals surface area contributed by atoms with Gasteiger partial charge in [0.2, 0.25) is 0 Å². The Bertz CT molecular complexity index is 1720. The summed E-state index contributed by atoms with van der Waals surface area (Å²) >= 11 is 6.78. The van der Waals surface area contributed by atoms with Gasteiger partial charge in [-0.1, -0.05) is 139 Å². The molecule has 5 nitrogen and oxygen atoms in total. The van der Waals surface area contributed by atoms with E-state index in [9.17, 15) is 9.59 Å². The minimum atomic E-state index is -1.31. The van der Waals surface area contributed by atoms with Crippen LogP contribution in [0.3, 0.4) is 0 Å². The molecular weight excluding hydrogens is 582 g/mol. The summed E-state index contributed by atoms with van der Waals surface area (Å²) in [6.45, 7) is 2.01. The molecule has 0 saturated heterocycles. The summed E-state index contributed by atoms with van der Waals surface area (Å²) in [6.07, 6.45) is -0.548. The van der Waals surface area contributed by atoms with Crippen LogP contribution in [0, 0.1) is 0 Å². The maximum atomic E-state index is 13.8. The smallest absolute Gasteiger partial charge is 0.409 e. The molecule has 6 rings (SSSR count). The highest BCUT2D eigenvalue weighted by Crippen LogP contribution is 2.45. The topological polar surface area (TPSA) is 55.8 Å². The zero-order valence-electron chi connectivity index (χ0n) is 25.2. The molecule has 0 N–H and O–H groups in total. The number of esters is 1. The Kier molecular flexibility index (Phi) is 8.72. The van der Waals surface area contributed by atoms with Crippen LogP contribution in [-0.2, 0) is 19.9 Å². The Hall–Kier alpha value is -4.87. The normalized spacial score (nSPS) is 13.0. The van der Waals surface area contributed by atoms with Crippen LogP contribution in [0.2, 0.25) is 5.02 Å². The minimum absolute atomic E-state index is 0.0490. The average Bonchev–Trinajstić information content (AvgIpc) is 3.40. The predicted molar refractivity (Wildman–Crippen MR) is 177 cm³/mol. The van der Waals surface area contributed by atoms with Crippen molar-refractivity contribution >= 4 is 23.7 Å². The molecule has 45 heavy (non-hydrogen) atoms. The molecule has 1 unspecified atom stereocenters. The van der Waals surface area contributed by atoms with Crippen LogP contribution in [0.5, 0.6) is 0 Å². The van der Waals surface area contributed by atoms with Crippen molar-refractivity contribution in [2.24, 2.45) is 0 Å². The molecule has 0 spiro atoms. The van der Waals surface area contributed by atoms with Crippen molar-refractivity contribution in [1.29, 1.82) is 0 Å². The van der Waals surface area contributed by atoms with E-state index in [2.05, 4.69) is 24.3 Å². The zero-order chi connectivity index (χ0) is 31.4. The average molecular weight is 616 g/mol. The number of amides is 1. The number of carbonyl (C=O) groups is 2. The third kappa shape index (κ3) is 5.84. The molecule has 0 aliphatic heterocycles. The number of rotatable bonds is 9. The molecule has 0 radical (unpaired) electrons. The van der Waals surface area contributed by atoms with Crippen LogP contribution < -0.4 is 0 Å². The van der Waals surface area contributed by atoms with Gasteiger partial charge in [0.1, 0.15) is 6.61 Å². The van der Waals surface area contributed by atoms with Gasteiger partial charge in [-0.25, -0.2) is 4.79 Å². The lowest BCUT2D eigenvalue weighted by Gasteiger charge is -2.36. The molecule has 0 aromatic heterocycles. The van der Waals surface area contributed by atoms with Gasteiger partial charge in [0.15, 0.2) is 5.60 Å². The minimum Gasteiger partial charge on any atom is -0.448 e. The fraction of sp³-hybridized carbons (Fsp3) is 0.179. The molecule has 1 aliphatic rings. The van der Waals surface area contributed by atoms with Crippen molar-refractivity contribution < 1.29 is 19.1 Å². The Balaban J connectivity index is 1.21. The largest absolute Gasteiger partial charge is 0.448 e. The monoisotopic (exact) mass is 615 g/mol. The van der Waals surface area contributed by atoms with Crippen molar-refractivity contribution in [3.8, 4) is 11.1 Å². The molecular formula is C39H34ClNO4. The zero-order valence-corrected chi connectivity index (χ0v) is 26.0. The van der Waals surface area contributed by atoms with Gasteiger partial charge in [0, 0.05) is 40.7 Å². The lowest BCUT2D eigenvalue weighted by Crippen LogP contribution is -2.40. The van der Waals surface area contributed by atoms with Crippen molar-refractivity contribution in [1.82, 2.24) is 4.90 Å². The quantitative estimate of drug-likeness (QED) is 0.123. The van der Waals surface area contributed by atoms with Crippen LogP contribution >= 0.6 is 11.6 Å². The fourth-order valence-corrected chi connectivity index (χ4v) is 6.48. The number of nitrogens with zero attached hydrogens (tertiary/aromatic N) is 1. The fourth-order valence-electron chi connectivity index (χ4n) is 6.21. The summed E-state index contributed by atoms with van der Waals surface area (Å²) in [5, 5.41) is 0.474. The van der Waals surface area contributed by atoms with Crippen molar-refractivity contribution in [2.75, 3.05) is 13.7 Å². The van der Waals surface area contributed by atoms with Crippen molar-refractivity contribution in [2.45, 2.75) is 30.9 Å². The number of ether oxygens (including phenoxy) is 2. The van der Waals surface area contributed by atoms with Gasteiger partial charge in [-0.3, -0.25) is 4.79 Å². The molecule has 226 valence electrons. The van der Waals surface area contributed by atoms with Gasteiger partial charge in [0.25, 0.3) is 0 Å². The van der Waals surface area contributed by atoms with Crippen LogP contribution in [0.25, 0.3) is 11.1 Å². The van der Waals surface area contributed by atoms with E-state index < -0.39 is 23.7 Å². The number of benzene rings is 5. The van der Waals surface area contributed by atoms with Crippen LogP contribution in [-0.4, -0.2) is 36.7 Å². The summed E-state index contributed by atoms with van der Waals surface area (Å²) in [5.74, 6) is -0.531. The molecule has 1 amide bonds. The van der Waals surface area contributed by atoms with E-state index in [-0.39, 0.29) is 18.9 Å². The number of carbonyl (C=O) groups excluding carboxylic acids is 2. The first-order chi connectivity index (χ1) is 21.9. The van der Waals surface area contributed by atoms with Crippen LogP contribution in [0.1, 0.15) is 47.1 Å². The standard InChI is InChI=1S/C39H34ClNO4/c1-27(41(2)38(43)44-26-34-32-21-11-9-19-30(32)31-20-10-12-22-33(31)34)25-37(42)45-39(28-15-5-3-6-16-28,29-17-7-4-8-18-29)35-23-13-14-24-36(35)40/h3-24,27,34H,25-26H2,1-2H3. The third-order valence-corrected chi connectivity index (χ3v) is 8.96. The maximum absolute atomic E-state index is 13.8. The van der Waals surface area contributed by atoms with E-state index in [1.165, 1.54) is 4.90 Å². The molecule has 0 saturated carbocycles. The van der Waals surface area contributed by atoms with E-state index in [1.54, 1.807) is 13.1 Å². The highest BCUT2D eigenvalue weighted by Gasteiger charge is 2.42. The number of halogens is 1. The van der Waals surface area contributed by atoms with E-state index in [0.29, 0.717) is 10.6 Å². The summed E-state index contributed by atoms with van der Waals surface area (Å²) in [6, 6.07) is 42.5. The van der Waals surface area contributed by atoms with E-state index in [0.717, 1.165) is 33.4 Å². The summed E-state index contributed by atoms with van der Waals surface area (Å²) in [5.41, 5.74) is 5.47. The van der Waals surface area contributed by atoms with Crippen LogP contribution in [0.15, 0.2) is 133 Å². The Morgan fingerprint density at radius 2 is 1.22 bits per heavy atom. The highest BCUT2D eigenvalue weighted by atomic mass is 35.5. The van der Waals surface area contributed by atoms with Crippen molar-refractivity contribution in [3.63, 3.8) is 0 Å². The van der Waals surface area contributed by atoms with Gasteiger partial charge in [0.05, 0.1) is 6.42 Å². The molecule has 0 bridgehead atoms.